The molecule has 22 heavy (non-hydrogen) atoms. The Morgan fingerprint density at radius 2 is 1.95 bits per heavy atom. The van der Waals surface area contributed by atoms with Crippen molar-refractivity contribution in [3.63, 3.8) is 0 Å². The van der Waals surface area contributed by atoms with Crippen molar-refractivity contribution in [3.8, 4) is 0 Å². The first-order valence-corrected chi connectivity index (χ1v) is 7.48. The van der Waals surface area contributed by atoms with E-state index in [9.17, 15) is 4.79 Å². The van der Waals surface area contributed by atoms with Gasteiger partial charge in [0.15, 0.2) is 0 Å². The first-order valence-electron chi connectivity index (χ1n) is 7.48. The number of amides is 1. The molecular formula is C17H23N3O2. The molecule has 2 rings (SSSR count). The Hall–Kier alpha value is -2.14. The van der Waals surface area contributed by atoms with E-state index in [0.717, 1.165) is 29.1 Å². The van der Waals surface area contributed by atoms with Crippen LogP contribution in [0.1, 0.15) is 29.5 Å². The third-order valence-corrected chi connectivity index (χ3v) is 3.67. The summed E-state index contributed by atoms with van der Waals surface area (Å²) in [7, 11) is 1.91. The number of carbonyl (C=O) groups excluding carboxylic acids is 1. The van der Waals surface area contributed by atoms with Crippen LogP contribution < -0.4 is 5.32 Å². The van der Waals surface area contributed by atoms with E-state index in [1.165, 1.54) is 5.56 Å². The van der Waals surface area contributed by atoms with Crippen molar-refractivity contribution < 1.29 is 9.32 Å². The molecule has 0 bridgehead atoms. The van der Waals surface area contributed by atoms with Gasteiger partial charge in [-0.3, -0.25) is 9.69 Å². The van der Waals surface area contributed by atoms with Crippen LogP contribution in [0.25, 0.3) is 0 Å². The Balaban J connectivity index is 1.88. The van der Waals surface area contributed by atoms with Gasteiger partial charge in [-0.15, -0.1) is 0 Å². The van der Waals surface area contributed by atoms with Crippen LogP contribution in [0.4, 0.5) is 5.69 Å². The third-order valence-electron chi connectivity index (χ3n) is 3.67. The summed E-state index contributed by atoms with van der Waals surface area (Å²) in [5, 5.41) is 6.84. The minimum atomic E-state index is -0.0292. The second kappa shape index (κ2) is 7.22. The highest BCUT2D eigenvalue weighted by molar-refractivity contribution is 5.92. The van der Waals surface area contributed by atoms with Gasteiger partial charge in [0.1, 0.15) is 5.76 Å². The van der Waals surface area contributed by atoms with Gasteiger partial charge in [-0.1, -0.05) is 24.2 Å². The fraction of sp³-hybridized carbons (Fsp3) is 0.412. The number of carbonyl (C=O) groups is 1. The monoisotopic (exact) mass is 301 g/mol. The summed E-state index contributed by atoms with van der Waals surface area (Å²) in [5.41, 5.74) is 4.00. The van der Waals surface area contributed by atoms with Crippen molar-refractivity contribution in [1.82, 2.24) is 10.1 Å². The number of anilines is 1. The average Bonchev–Trinajstić information content (AvgIpc) is 2.79. The van der Waals surface area contributed by atoms with Crippen molar-refractivity contribution in [2.75, 3.05) is 18.9 Å². The Morgan fingerprint density at radius 3 is 2.50 bits per heavy atom. The molecule has 5 nitrogen and oxygen atoms in total. The molecule has 5 heteroatoms. The lowest BCUT2D eigenvalue weighted by Crippen LogP contribution is -2.30. The highest BCUT2D eigenvalue weighted by Gasteiger charge is 2.13. The van der Waals surface area contributed by atoms with Crippen molar-refractivity contribution in [3.05, 3.63) is 46.8 Å². The zero-order valence-electron chi connectivity index (χ0n) is 13.6. The van der Waals surface area contributed by atoms with Crippen LogP contribution >= 0.6 is 0 Å². The number of benzene rings is 1. The van der Waals surface area contributed by atoms with Gasteiger partial charge in [0.25, 0.3) is 0 Å². The van der Waals surface area contributed by atoms with Gasteiger partial charge in [-0.2, -0.15) is 0 Å². The number of hydrogen-bond acceptors (Lipinski definition) is 4. The molecule has 0 aliphatic rings. The minimum Gasteiger partial charge on any atom is -0.361 e. The highest BCUT2D eigenvalue weighted by Crippen LogP contribution is 2.14. The van der Waals surface area contributed by atoms with E-state index in [2.05, 4.69) is 17.4 Å². The second-order valence-electron chi connectivity index (χ2n) is 5.57. The predicted octanol–water partition coefficient (Wildman–Crippen LogP) is 2.92. The van der Waals surface area contributed by atoms with Gasteiger partial charge in [0.05, 0.1) is 12.2 Å². The topological polar surface area (TPSA) is 58.4 Å². The van der Waals surface area contributed by atoms with Crippen LogP contribution in [0, 0.1) is 13.8 Å². The maximum atomic E-state index is 12.1. The maximum absolute atomic E-state index is 12.1. The van der Waals surface area contributed by atoms with Crippen LogP contribution in [0.2, 0.25) is 0 Å². The average molecular weight is 301 g/mol. The Kier molecular flexibility index (Phi) is 5.33. The lowest BCUT2D eigenvalue weighted by molar-refractivity contribution is -0.117. The fourth-order valence-electron chi connectivity index (χ4n) is 2.32. The van der Waals surface area contributed by atoms with E-state index in [1.807, 2.05) is 50.1 Å². The number of rotatable bonds is 6. The largest absolute Gasteiger partial charge is 0.361 e. The first-order chi connectivity index (χ1) is 10.5. The van der Waals surface area contributed by atoms with Crippen molar-refractivity contribution in [2.24, 2.45) is 0 Å². The van der Waals surface area contributed by atoms with Crippen LogP contribution in [0.15, 0.2) is 28.8 Å². The lowest BCUT2D eigenvalue weighted by atomic mass is 10.1. The number of aryl methyl sites for hydroxylation is 3. The van der Waals surface area contributed by atoms with E-state index in [1.54, 1.807) is 0 Å². The van der Waals surface area contributed by atoms with E-state index in [0.29, 0.717) is 13.1 Å². The molecule has 1 aromatic heterocycles. The summed E-state index contributed by atoms with van der Waals surface area (Å²) in [6.45, 7) is 6.87. The summed E-state index contributed by atoms with van der Waals surface area (Å²) < 4.78 is 5.14. The van der Waals surface area contributed by atoms with Crippen LogP contribution in [0.3, 0.4) is 0 Å². The van der Waals surface area contributed by atoms with Gasteiger partial charge in [0, 0.05) is 17.8 Å². The molecule has 0 fully saturated rings. The van der Waals surface area contributed by atoms with Gasteiger partial charge in [-0.25, -0.2) is 0 Å². The lowest BCUT2D eigenvalue weighted by Gasteiger charge is -2.16. The molecule has 1 heterocycles. The first kappa shape index (κ1) is 16.2. The molecule has 0 radical (unpaired) electrons. The molecule has 2 aromatic rings. The third kappa shape index (κ3) is 4.18. The molecule has 1 amide bonds. The van der Waals surface area contributed by atoms with Gasteiger partial charge in [-0.05, 0) is 45.0 Å². The molecule has 118 valence electrons. The summed E-state index contributed by atoms with van der Waals surface area (Å²) in [4.78, 5) is 14.0. The summed E-state index contributed by atoms with van der Waals surface area (Å²) in [6, 6.07) is 7.93. The van der Waals surface area contributed by atoms with E-state index in [-0.39, 0.29) is 5.91 Å². The SMILES string of the molecule is CCc1ccc(NC(=O)CN(C)Cc2c(C)noc2C)cc1. The molecule has 0 saturated heterocycles. The summed E-state index contributed by atoms with van der Waals surface area (Å²) in [6.07, 6.45) is 0.994. The van der Waals surface area contributed by atoms with Crippen LogP contribution in [-0.2, 0) is 17.8 Å². The molecule has 0 aliphatic heterocycles. The smallest absolute Gasteiger partial charge is 0.238 e. The summed E-state index contributed by atoms with van der Waals surface area (Å²) >= 11 is 0. The molecule has 0 atom stereocenters. The Bertz CT molecular complexity index is 612. The van der Waals surface area contributed by atoms with Gasteiger partial charge in [0.2, 0.25) is 5.91 Å². The molecule has 1 N–H and O–H groups in total. The second-order valence-corrected chi connectivity index (χ2v) is 5.57. The van der Waals surface area contributed by atoms with Crippen molar-refractivity contribution in [1.29, 1.82) is 0 Å². The number of nitrogens with one attached hydrogen (secondary N) is 1. The highest BCUT2D eigenvalue weighted by atomic mass is 16.5. The zero-order chi connectivity index (χ0) is 16.1. The van der Waals surface area contributed by atoms with Crippen molar-refractivity contribution >= 4 is 11.6 Å². The van der Waals surface area contributed by atoms with E-state index in [4.69, 9.17) is 4.52 Å². The Morgan fingerprint density at radius 1 is 1.27 bits per heavy atom. The standard InChI is InChI=1S/C17H23N3O2/c1-5-14-6-8-15(9-7-14)18-17(21)11-20(4)10-16-12(2)19-22-13(16)3/h6-9H,5,10-11H2,1-4H3,(H,18,21). The van der Waals surface area contributed by atoms with Gasteiger partial charge < -0.3 is 9.84 Å². The number of likely N-dealkylation sites (N-methyl/N-ethyl adjacent to an activating group) is 1. The van der Waals surface area contributed by atoms with E-state index < -0.39 is 0 Å². The number of nitrogens with zero attached hydrogens (tertiary/aromatic N) is 2. The molecule has 0 aliphatic carbocycles. The minimum absolute atomic E-state index is 0.0292. The van der Waals surface area contributed by atoms with Crippen molar-refractivity contribution in [2.45, 2.75) is 33.7 Å². The van der Waals surface area contributed by atoms with Gasteiger partial charge >= 0.3 is 0 Å². The molecule has 1 aromatic carbocycles. The molecule has 0 spiro atoms. The molecular weight excluding hydrogens is 278 g/mol. The fourth-order valence-corrected chi connectivity index (χ4v) is 2.32. The summed E-state index contributed by atoms with van der Waals surface area (Å²) in [5.74, 6) is 0.776. The quantitative estimate of drug-likeness (QED) is 0.891. The number of hydrogen-bond donors (Lipinski definition) is 1. The maximum Gasteiger partial charge on any atom is 0.238 e. The molecule has 0 saturated carbocycles. The predicted molar refractivity (Wildman–Crippen MR) is 86.8 cm³/mol. The zero-order valence-corrected chi connectivity index (χ0v) is 13.6. The van der Waals surface area contributed by atoms with Crippen LogP contribution in [-0.4, -0.2) is 29.6 Å². The Labute approximate surface area is 131 Å². The number of aromatic nitrogens is 1. The van der Waals surface area contributed by atoms with Crippen LogP contribution in [0.5, 0.6) is 0 Å². The normalized spacial score (nSPS) is 11.0. The molecule has 0 unspecified atom stereocenters. The van der Waals surface area contributed by atoms with E-state index >= 15 is 0 Å².